The zero-order valence-corrected chi connectivity index (χ0v) is 16.5. The Kier molecular flexibility index (Phi) is 6.39. The van der Waals surface area contributed by atoms with Crippen LogP contribution in [0.5, 0.6) is 5.75 Å². The van der Waals surface area contributed by atoms with Gasteiger partial charge in [-0.3, -0.25) is 14.9 Å². The van der Waals surface area contributed by atoms with Crippen molar-refractivity contribution in [2.75, 3.05) is 17.2 Å². The van der Waals surface area contributed by atoms with Crippen molar-refractivity contribution in [1.82, 2.24) is 4.98 Å². The summed E-state index contributed by atoms with van der Waals surface area (Å²) in [7, 11) is 0. The average molecular weight is 395 g/mol. The van der Waals surface area contributed by atoms with Crippen molar-refractivity contribution in [3.63, 3.8) is 0 Å². The number of benzene rings is 2. The van der Waals surface area contributed by atoms with Gasteiger partial charge in [0.05, 0.1) is 0 Å². The SMILES string of the molecule is CC(C)c1ccc(OCC(=O)Nc2ccc(C(=O)Nc3nccs3)cc2)cc1. The van der Waals surface area contributed by atoms with Gasteiger partial charge in [-0.25, -0.2) is 4.98 Å². The highest BCUT2D eigenvalue weighted by Gasteiger charge is 2.09. The number of ether oxygens (including phenoxy) is 1. The number of amides is 2. The summed E-state index contributed by atoms with van der Waals surface area (Å²) in [5, 5.41) is 7.79. The molecule has 3 rings (SSSR count). The molecule has 7 heteroatoms. The minimum absolute atomic E-state index is 0.0900. The molecule has 1 aromatic heterocycles. The minimum atomic E-state index is -0.270. The molecule has 0 bridgehead atoms. The van der Waals surface area contributed by atoms with Crippen molar-refractivity contribution >= 4 is 34.0 Å². The van der Waals surface area contributed by atoms with Crippen LogP contribution in [0.2, 0.25) is 0 Å². The van der Waals surface area contributed by atoms with E-state index in [1.807, 2.05) is 24.3 Å². The summed E-state index contributed by atoms with van der Waals surface area (Å²) >= 11 is 1.35. The lowest BCUT2D eigenvalue weighted by atomic mass is 10.0. The maximum atomic E-state index is 12.1. The third-order valence-corrected chi connectivity index (χ3v) is 4.69. The Labute approximate surface area is 167 Å². The van der Waals surface area contributed by atoms with Gasteiger partial charge in [-0.2, -0.15) is 0 Å². The molecule has 0 atom stereocenters. The van der Waals surface area contributed by atoms with E-state index in [9.17, 15) is 9.59 Å². The van der Waals surface area contributed by atoms with E-state index in [1.165, 1.54) is 16.9 Å². The topological polar surface area (TPSA) is 80.3 Å². The predicted octanol–water partition coefficient (Wildman–Crippen LogP) is 4.54. The Bertz CT molecular complexity index is 921. The van der Waals surface area contributed by atoms with Gasteiger partial charge in [0.1, 0.15) is 5.75 Å². The van der Waals surface area contributed by atoms with Crippen molar-refractivity contribution in [3.05, 3.63) is 71.2 Å². The fourth-order valence-corrected chi connectivity index (χ4v) is 2.98. The summed E-state index contributed by atoms with van der Waals surface area (Å²) in [6.07, 6.45) is 1.62. The zero-order chi connectivity index (χ0) is 19.9. The van der Waals surface area contributed by atoms with Gasteiger partial charge >= 0.3 is 0 Å². The van der Waals surface area contributed by atoms with Crippen LogP contribution in [0.25, 0.3) is 0 Å². The Morgan fingerprint density at radius 1 is 1.04 bits per heavy atom. The Hall–Kier alpha value is -3.19. The molecular weight excluding hydrogens is 374 g/mol. The van der Waals surface area contributed by atoms with E-state index in [-0.39, 0.29) is 18.4 Å². The summed E-state index contributed by atoms with van der Waals surface area (Å²) < 4.78 is 5.51. The molecule has 6 nitrogen and oxygen atoms in total. The predicted molar refractivity (Wildman–Crippen MR) is 111 cm³/mol. The average Bonchev–Trinajstić information content (AvgIpc) is 3.20. The number of rotatable bonds is 7. The second-order valence-corrected chi connectivity index (χ2v) is 7.32. The van der Waals surface area contributed by atoms with Crippen LogP contribution in [0.1, 0.15) is 35.7 Å². The maximum absolute atomic E-state index is 12.1. The second kappa shape index (κ2) is 9.14. The lowest BCUT2D eigenvalue weighted by Crippen LogP contribution is -2.20. The van der Waals surface area contributed by atoms with Crippen LogP contribution in [0.4, 0.5) is 10.8 Å². The third-order valence-electron chi connectivity index (χ3n) is 4.00. The molecule has 2 amide bonds. The van der Waals surface area contributed by atoms with Crippen LogP contribution in [0, 0.1) is 0 Å². The number of carbonyl (C=O) groups excluding carboxylic acids is 2. The van der Waals surface area contributed by atoms with E-state index in [2.05, 4.69) is 29.5 Å². The smallest absolute Gasteiger partial charge is 0.262 e. The number of anilines is 2. The van der Waals surface area contributed by atoms with E-state index in [1.54, 1.807) is 35.8 Å². The molecule has 0 aliphatic heterocycles. The maximum Gasteiger partial charge on any atom is 0.262 e. The first kappa shape index (κ1) is 19.6. The molecule has 0 saturated carbocycles. The van der Waals surface area contributed by atoms with E-state index >= 15 is 0 Å². The Morgan fingerprint density at radius 3 is 2.36 bits per heavy atom. The molecule has 2 N–H and O–H groups in total. The van der Waals surface area contributed by atoms with Crippen molar-refractivity contribution in [1.29, 1.82) is 0 Å². The Morgan fingerprint density at radius 2 is 1.75 bits per heavy atom. The van der Waals surface area contributed by atoms with Crippen molar-refractivity contribution in [2.24, 2.45) is 0 Å². The molecule has 0 aliphatic carbocycles. The number of nitrogens with zero attached hydrogens (tertiary/aromatic N) is 1. The largest absolute Gasteiger partial charge is 0.484 e. The first-order chi connectivity index (χ1) is 13.5. The highest BCUT2D eigenvalue weighted by atomic mass is 32.1. The molecule has 0 unspecified atom stereocenters. The fourth-order valence-electron chi connectivity index (χ4n) is 2.45. The first-order valence-corrected chi connectivity index (χ1v) is 9.73. The number of nitrogens with one attached hydrogen (secondary N) is 2. The summed E-state index contributed by atoms with van der Waals surface area (Å²) in [5.41, 5.74) is 2.29. The molecule has 1 heterocycles. The van der Waals surface area contributed by atoms with Gasteiger partial charge in [-0.1, -0.05) is 26.0 Å². The van der Waals surface area contributed by atoms with Gasteiger partial charge in [0.15, 0.2) is 11.7 Å². The van der Waals surface area contributed by atoms with Gasteiger partial charge in [0.2, 0.25) is 0 Å². The van der Waals surface area contributed by atoms with E-state index in [0.29, 0.717) is 28.0 Å². The van der Waals surface area contributed by atoms with Crippen LogP contribution in [0.3, 0.4) is 0 Å². The highest BCUT2D eigenvalue weighted by molar-refractivity contribution is 7.13. The van der Waals surface area contributed by atoms with Gasteiger partial charge < -0.3 is 10.1 Å². The number of aromatic nitrogens is 1. The van der Waals surface area contributed by atoms with E-state index in [0.717, 1.165) is 0 Å². The molecular formula is C21H21N3O3S. The Balaban J connectivity index is 1.49. The molecule has 0 fully saturated rings. The second-order valence-electron chi connectivity index (χ2n) is 6.43. The molecule has 0 saturated heterocycles. The van der Waals surface area contributed by atoms with Crippen molar-refractivity contribution in [3.8, 4) is 5.75 Å². The number of hydrogen-bond donors (Lipinski definition) is 2. The van der Waals surface area contributed by atoms with Crippen LogP contribution in [0.15, 0.2) is 60.1 Å². The number of carbonyl (C=O) groups is 2. The molecule has 144 valence electrons. The standard InChI is InChI=1S/C21H21N3O3S/c1-14(2)15-5-9-18(10-6-15)27-13-19(25)23-17-7-3-16(4-8-17)20(26)24-21-22-11-12-28-21/h3-12,14H,13H2,1-2H3,(H,23,25)(H,22,24,26). The van der Waals surface area contributed by atoms with E-state index in [4.69, 9.17) is 4.74 Å². The number of hydrogen-bond acceptors (Lipinski definition) is 5. The molecule has 0 aliphatic rings. The first-order valence-electron chi connectivity index (χ1n) is 8.85. The summed E-state index contributed by atoms with van der Waals surface area (Å²) in [6, 6.07) is 14.3. The van der Waals surface area contributed by atoms with Crippen molar-refractivity contribution in [2.45, 2.75) is 19.8 Å². The van der Waals surface area contributed by atoms with Crippen LogP contribution in [-0.2, 0) is 4.79 Å². The quantitative estimate of drug-likeness (QED) is 0.616. The van der Waals surface area contributed by atoms with Gasteiger partial charge in [-0.05, 0) is 47.9 Å². The molecule has 2 aromatic carbocycles. The molecule has 0 spiro atoms. The zero-order valence-electron chi connectivity index (χ0n) is 15.6. The van der Waals surface area contributed by atoms with Gasteiger partial charge in [0.25, 0.3) is 11.8 Å². The monoisotopic (exact) mass is 395 g/mol. The van der Waals surface area contributed by atoms with Crippen LogP contribution < -0.4 is 15.4 Å². The lowest BCUT2D eigenvalue weighted by molar-refractivity contribution is -0.118. The molecule has 0 radical (unpaired) electrons. The van der Waals surface area contributed by atoms with Crippen LogP contribution in [-0.4, -0.2) is 23.4 Å². The minimum Gasteiger partial charge on any atom is -0.484 e. The normalized spacial score (nSPS) is 10.5. The van der Waals surface area contributed by atoms with Gasteiger partial charge in [0, 0.05) is 22.8 Å². The summed E-state index contributed by atoms with van der Waals surface area (Å²) in [4.78, 5) is 28.2. The molecule has 28 heavy (non-hydrogen) atoms. The van der Waals surface area contributed by atoms with E-state index < -0.39 is 0 Å². The fraction of sp³-hybridized carbons (Fsp3) is 0.190. The summed E-state index contributed by atoms with van der Waals surface area (Å²) in [5.74, 6) is 0.576. The third kappa shape index (κ3) is 5.40. The van der Waals surface area contributed by atoms with Crippen LogP contribution >= 0.6 is 11.3 Å². The highest BCUT2D eigenvalue weighted by Crippen LogP contribution is 2.19. The lowest BCUT2D eigenvalue weighted by Gasteiger charge is -2.10. The number of thiazole rings is 1. The van der Waals surface area contributed by atoms with Crippen molar-refractivity contribution < 1.29 is 14.3 Å². The molecule has 3 aromatic rings. The summed E-state index contributed by atoms with van der Waals surface area (Å²) in [6.45, 7) is 4.15. The van der Waals surface area contributed by atoms with Gasteiger partial charge in [-0.15, -0.1) is 11.3 Å².